The molecule has 0 aromatic carbocycles. The summed E-state index contributed by atoms with van der Waals surface area (Å²) < 4.78 is 5.53. The Hall–Kier alpha value is -0.810. The number of nitrogens with one attached hydrogen (secondary N) is 1. The molecule has 0 aliphatic heterocycles. The molecule has 0 saturated heterocycles. The van der Waals surface area contributed by atoms with Crippen LogP contribution in [0, 0.1) is 11.3 Å². The molecule has 1 aromatic rings. The number of amides is 1. The zero-order chi connectivity index (χ0) is 13.9. The van der Waals surface area contributed by atoms with E-state index in [2.05, 4.69) is 21.2 Å². The van der Waals surface area contributed by atoms with Crippen molar-refractivity contribution in [1.29, 1.82) is 0 Å². The summed E-state index contributed by atoms with van der Waals surface area (Å²) in [6.45, 7) is 8.20. The van der Waals surface area contributed by atoms with Crippen molar-refractivity contribution in [2.24, 2.45) is 11.3 Å². The van der Waals surface area contributed by atoms with Gasteiger partial charge in [-0.1, -0.05) is 27.7 Å². The summed E-state index contributed by atoms with van der Waals surface area (Å²) in [5.41, 5.74) is 0.0989. The molecular formula is C13H20BrNO3. The fraction of sp³-hybridized carbons (Fsp3) is 0.615. The van der Waals surface area contributed by atoms with Gasteiger partial charge < -0.3 is 14.8 Å². The smallest absolute Gasteiger partial charge is 0.254 e. The Labute approximate surface area is 116 Å². The minimum Gasteiger partial charge on any atom is -0.457 e. The standard InChI is InChI=1S/C13H20BrNO3/c1-8(2)11(16)13(3,4)7-15-12(17)9-5-10(14)18-6-9/h5-6,8,11,16H,7H2,1-4H3,(H,15,17). The van der Waals surface area contributed by atoms with Crippen LogP contribution in [0.15, 0.2) is 21.4 Å². The van der Waals surface area contributed by atoms with Crippen molar-refractivity contribution < 1.29 is 14.3 Å². The Morgan fingerprint density at radius 2 is 2.17 bits per heavy atom. The average molecular weight is 318 g/mol. The van der Waals surface area contributed by atoms with Crippen LogP contribution in [0.3, 0.4) is 0 Å². The zero-order valence-corrected chi connectivity index (χ0v) is 12.7. The van der Waals surface area contributed by atoms with Gasteiger partial charge in [-0.3, -0.25) is 4.79 Å². The van der Waals surface area contributed by atoms with Gasteiger partial charge in [0.05, 0.1) is 11.7 Å². The lowest BCUT2D eigenvalue weighted by Gasteiger charge is -2.33. The van der Waals surface area contributed by atoms with Crippen molar-refractivity contribution >= 4 is 21.8 Å². The van der Waals surface area contributed by atoms with Crippen molar-refractivity contribution in [3.05, 3.63) is 22.6 Å². The van der Waals surface area contributed by atoms with E-state index in [0.717, 1.165) is 0 Å². The molecule has 0 aliphatic rings. The molecule has 0 fully saturated rings. The van der Waals surface area contributed by atoms with Crippen molar-refractivity contribution in [2.45, 2.75) is 33.8 Å². The Morgan fingerprint density at radius 3 is 2.61 bits per heavy atom. The topological polar surface area (TPSA) is 62.5 Å². The minimum atomic E-state index is -0.464. The summed E-state index contributed by atoms with van der Waals surface area (Å²) in [5, 5.41) is 12.9. The zero-order valence-electron chi connectivity index (χ0n) is 11.2. The van der Waals surface area contributed by atoms with Crippen LogP contribution in [-0.4, -0.2) is 23.7 Å². The van der Waals surface area contributed by atoms with E-state index in [9.17, 15) is 9.90 Å². The van der Waals surface area contributed by atoms with Gasteiger partial charge in [0.1, 0.15) is 6.26 Å². The van der Waals surface area contributed by atoms with E-state index in [4.69, 9.17) is 4.42 Å². The fourth-order valence-corrected chi connectivity index (χ4v) is 2.19. The highest BCUT2D eigenvalue weighted by Gasteiger charge is 2.30. The average Bonchev–Trinajstić information content (AvgIpc) is 2.71. The van der Waals surface area contributed by atoms with E-state index in [0.29, 0.717) is 16.8 Å². The Morgan fingerprint density at radius 1 is 1.56 bits per heavy atom. The lowest BCUT2D eigenvalue weighted by molar-refractivity contribution is 0.0138. The molecule has 0 saturated carbocycles. The maximum absolute atomic E-state index is 11.8. The van der Waals surface area contributed by atoms with Crippen molar-refractivity contribution in [1.82, 2.24) is 5.32 Å². The number of hydrogen-bond donors (Lipinski definition) is 2. The van der Waals surface area contributed by atoms with Gasteiger partial charge in [0.15, 0.2) is 4.67 Å². The van der Waals surface area contributed by atoms with Gasteiger partial charge in [0, 0.05) is 18.0 Å². The second-order valence-corrected chi connectivity index (χ2v) is 6.28. The third kappa shape index (κ3) is 3.85. The molecule has 1 heterocycles. The number of aliphatic hydroxyl groups is 1. The maximum Gasteiger partial charge on any atom is 0.254 e. The van der Waals surface area contributed by atoms with Crippen LogP contribution >= 0.6 is 15.9 Å². The Bertz CT molecular complexity index is 412. The molecule has 2 N–H and O–H groups in total. The van der Waals surface area contributed by atoms with Gasteiger partial charge in [-0.05, 0) is 21.8 Å². The van der Waals surface area contributed by atoms with Gasteiger partial charge in [-0.2, -0.15) is 0 Å². The highest BCUT2D eigenvalue weighted by molar-refractivity contribution is 9.10. The quantitative estimate of drug-likeness (QED) is 0.877. The van der Waals surface area contributed by atoms with Crippen LogP contribution in [0.5, 0.6) is 0 Å². The van der Waals surface area contributed by atoms with Gasteiger partial charge in [-0.25, -0.2) is 0 Å². The molecule has 0 spiro atoms. The second-order valence-electron chi connectivity index (χ2n) is 5.50. The van der Waals surface area contributed by atoms with E-state index in [1.165, 1.54) is 6.26 Å². The molecule has 1 atom stereocenters. The first-order chi connectivity index (χ1) is 8.24. The van der Waals surface area contributed by atoms with Crippen molar-refractivity contribution in [3.63, 3.8) is 0 Å². The predicted octanol–water partition coefficient (Wildman–Crippen LogP) is 2.82. The summed E-state index contributed by atoms with van der Waals surface area (Å²) in [6.07, 6.45) is 0.930. The van der Waals surface area contributed by atoms with E-state index in [1.54, 1.807) is 6.07 Å². The van der Waals surface area contributed by atoms with Crippen molar-refractivity contribution in [3.8, 4) is 0 Å². The number of aliphatic hydroxyl groups excluding tert-OH is 1. The van der Waals surface area contributed by atoms with Crippen LogP contribution in [-0.2, 0) is 0 Å². The second kappa shape index (κ2) is 5.89. The summed E-state index contributed by atoms with van der Waals surface area (Å²) in [6, 6.07) is 1.61. The van der Waals surface area contributed by atoms with Crippen molar-refractivity contribution in [2.75, 3.05) is 6.54 Å². The number of rotatable bonds is 5. The first-order valence-corrected chi connectivity index (χ1v) is 6.73. The maximum atomic E-state index is 11.8. The Kier molecular flexibility index (Phi) is 4.99. The summed E-state index contributed by atoms with van der Waals surface area (Å²) in [4.78, 5) is 11.8. The predicted molar refractivity (Wildman–Crippen MR) is 73.4 cm³/mol. The van der Waals surface area contributed by atoms with E-state index in [-0.39, 0.29) is 17.2 Å². The molecule has 1 amide bonds. The van der Waals surface area contributed by atoms with Crippen LogP contribution in [0.4, 0.5) is 0 Å². The molecule has 1 unspecified atom stereocenters. The first-order valence-electron chi connectivity index (χ1n) is 5.94. The van der Waals surface area contributed by atoms with Gasteiger partial charge in [-0.15, -0.1) is 0 Å². The summed E-state index contributed by atoms with van der Waals surface area (Å²) in [7, 11) is 0. The fourth-order valence-electron chi connectivity index (χ4n) is 1.85. The molecule has 1 aromatic heterocycles. The molecular weight excluding hydrogens is 298 g/mol. The van der Waals surface area contributed by atoms with Crippen LogP contribution in [0.2, 0.25) is 0 Å². The number of carbonyl (C=O) groups excluding carboxylic acids is 1. The summed E-state index contributed by atoms with van der Waals surface area (Å²) >= 11 is 3.15. The SMILES string of the molecule is CC(C)C(O)C(C)(C)CNC(=O)c1coc(Br)c1. The van der Waals surface area contributed by atoms with Gasteiger partial charge >= 0.3 is 0 Å². The highest BCUT2D eigenvalue weighted by Crippen LogP contribution is 2.25. The molecule has 102 valence electrons. The molecule has 1 rings (SSSR count). The number of hydrogen-bond acceptors (Lipinski definition) is 3. The normalized spacial score (nSPS) is 13.7. The summed E-state index contributed by atoms with van der Waals surface area (Å²) in [5.74, 6) is -0.0477. The van der Waals surface area contributed by atoms with Gasteiger partial charge in [0.25, 0.3) is 5.91 Å². The molecule has 0 radical (unpaired) electrons. The first kappa shape index (κ1) is 15.2. The molecule has 4 nitrogen and oxygen atoms in total. The minimum absolute atomic E-state index is 0.153. The molecule has 0 bridgehead atoms. The highest BCUT2D eigenvalue weighted by atomic mass is 79.9. The monoisotopic (exact) mass is 317 g/mol. The lowest BCUT2D eigenvalue weighted by atomic mass is 9.80. The molecule has 0 aliphatic carbocycles. The van der Waals surface area contributed by atoms with Crippen LogP contribution < -0.4 is 5.32 Å². The van der Waals surface area contributed by atoms with E-state index < -0.39 is 6.10 Å². The molecule has 5 heteroatoms. The molecule has 18 heavy (non-hydrogen) atoms. The third-order valence-electron chi connectivity index (χ3n) is 2.97. The van der Waals surface area contributed by atoms with Gasteiger partial charge in [0.2, 0.25) is 0 Å². The number of carbonyl (C=O) groups is 1. The largest absolute Gasteiger partial charge is 0.457 e. The number of furan rings is 1. The Balaban J connectivity index is 2.57. The number of halogens is 1. The lowest BCUT2D eigenvalue weighted by Crippen LogP contribution is -2.43. The van der Waals surface area contributed by atoms with E-state index in [1.807, 2.05) is 27.7 Å². The van der Waals surface area contributed by atoms with E-state index >= 15 is 0 Å². The van der Waals surface area contributed by atoms with Crippen LogP contribution in [0.1, 0.15) is 38.1 Å². The third-order valence-corrected chi connectivity index (χ3v) is 3.38. The van der Waals surface area contributed by atoms with Crippen LogP contribution in [0.25, 0.3) is 0 Å².